The Bertz CT molecular complexity index is 406. The van der Waals surface area contributed by atoms with Crippen LogP contribution in [0.2, 0.25) is 0 Å². The van der Waals surface area contributed by atoms with Crippen LogP contribution in [0.1, 0.15) is 17.3 Å². The van der Waals surface area contributed by atoms with Crippen molar-refractivity contribution in [3.8, 4) is 0 Å². The van der Waals surface area contributed by atoms with Gasteiger partial charge in [-0.05, 0) is 24.3 Å². The number of furan rings is 2. The minimum atomic E-state index is 0.512. The quantitative estimate of drug-likeness (QED) is 0.813. The topological polar surface area (TPSA) is 47.5 Å². The van der Waals surface area contributed by atoms with Crippen molar-refractivity contribution in [1.82, 2.24) is 5.32 Å². The van der Waals surface area contributed by atoms with Crippen LogP contribution in [0.15, 0.2) is 39.4 Å². The summed E-state index contributed by atoms with van der Waals surface area (Å²) in [5.74, 6) is 2.67. The Kier molecular flexibility index (Phi) is 3.80. The molecule has 0 aliphatic rings. The zero-order chi connectivity index (χ0) is 11.2. The molecule has 0 saturated carbocycles. The summed E-state index contributed by atoms with van der Waals surface area (Å²) in [4.78, 5) is 0. The third-order valence-electron chi connectivity index (χ3n) is 2.18. The maximum atomic E-state index is 5.53. The maximum absolute atomic E-state index is 5.53. The maximum Gasteiger partial charge on any atom is 0.129 e. The Balaban J connectivity index is 1.76. The number of hydrogen-bond acceptors (Lipinski definition) is 4. The molecule has 0 atom stereocenters. The molecule has 0 amide bonds. The van der Waals surface area contributed by atoms with Gasteiger partial charge in [0.1, 0.15) is 23.9 Å². The monoisotopic (exact) mass is 221 g/mol. The van der Waals surface area contributed by atoms with E-state index in [2.05, 4.69) is 5.32 Å². The summed E-state index contributed by atoms with van der Waals surface area (Å²) in [6.07, 6.45) is 1.67. The molecule has 0 saturated heterocycles. The molecule has 2 aromatic heterocycles. The Morgan fingerprint density at radius 3 is 2.69 bits per heavy atom. The van der Waals surface area contributed by atoms with Crippen LogP contribution in [-0.4, -0.2) is 7.11 Å². The van der Waals surface area contributed by atoms with Crippen LogP contribution >= 0.6 is 0 Å². The SMILES string of the molecule is COCc1ccc(CNCc2ccco2)o1. The Morgan fingerprint density at radius 1 is 1.12 bits per heavy atom. The smallest absolute Gasteiger partial charge is 0.129 e. The zero-order valence-corrected chi connectivity index (χ0v) is 9.23. The first-order valence-electron chi connectivity index (χ1n) is 5.18. The van der Waals surface area contributed by atoms with Crippen molar-refractivity contribution in [1.29, 1.82) is 0 Å². The molecule has 0 bridgehead atoms. The van der Waals surface area contributed by atoms with Gasteiger partial charge >= 0.3 is 0 Å². The third kappa shape index (κ3) is 2.98. The van der Waals surface area contributed by atoms with E-state index in [4.69, 9.17) is 13.6 Å². The van der Waals surface area contributed by atoms with Gasteiger partial charge in [0.15, 0.2) is 0 Å². The van der Waals surface area contributed by atoms with Gasteiger partial charge in [-0.1, -0.05) is 0 Å². The molecule has 0 aromatic carbocycles. The van der Waals surface area contributed by atoms with Crippen LogP contribution < -0.4 is 5.32 Å². The van der Waals surface area contributed by atoms with E-state index >= 15 is 0 Å². The molecule has 0 aliphatic heterocycles. The van der Waals surface area contributed by atoms with Crippen molar-refractivity contribution in [2.24, 2.45) is 0 Å². The lowest BCUT2D eigenvalue weighted by molar-refractivity contribution is 0.162. The van der Waals surface area contributed by atoms with Crippen molar-refractivity contribution in [3.05, 3.63) is 47.8 Å². The number of ether oxygens (including phenoxy) is 1. The highest BCUT2D eigenvalue weighted by molar-refractivity contribution is 5.06. The standard InChI is InChI=1S/C12H15NO3/c1-14-9-12-5-4-11(16-12)8-13-7-10-3-2-6-15-10/h2-6,13H,7-9H2,1H3. The largest absolute Gasteiger partial charge is 0.468 e. The Labute approximate surface area is 94.2 Å². The molecule has 0 aliphatic carbocycles. The van der Waals surface area contributed by atoms with Crippen molar-refractivity contribution in [2.75, 3.05) is 7.11 Å². The lowest BCUT2D eigenvalue weighted by atomic mass is 10.4. The number of rotatable bonds is 6. The van der Waals surface area contributed by atoms with E-state index in [9.17, 15) is 0 Å². The second kappa shape index (κ2) is 5.53. The number of methoxy groups -OCH3 is 1. The van der Waals surface area contributed by atoms with E-state index in [0.717, 1.165) is 17.3 Å². The van der Waals surface area contributed by atoms with E-state index < -0.39 is 0 Å². The van der Waals surface area contributed by atoms with Gasteiger partial charge in [0.05, 0.1) is 19.4 Å². The van der Waals surface area contributed by atoms with Gasteiger partial charge in [-0.2, -0.15) is 0 Å². The molecular weight excluding hydrogens is 206 g/mol. The second-order valence-electron chi connectivity index (χ2n) is 3.48. The molecule has 2 rings (SSSR count). The highest BCUT2D eigenvalue weighted by atomic mass is 16.5. The molecular formula is C12H15NO3. The molecule has 1 N–H and O–H groups in total. The van der Waals surface area contributed by atoms with Gasteiger partial charge in [-0.3, -0.25) is 0 Å². The van der Waals surface area contributed by atoms with Crippen LogP contribution in [0.4, 0.5) is 0 Å². The fourth-order valence-electron chi connectivity index (χ4n) is 1.46. The number of nitrogens with one attached hydrogen (secondary N) is 1. The summed E-state index contributed by atoms with van der Waals surface area (Å²) in [5.41, 5.74) is 0. The van der Waals surface area contributed by atoms with Crippen LogP contribution in [0.25, 0.3) is 0 Å². The van der Waals surface area contributed by atoms with E-state index in [1.165, 1.54) is 0 Å². The summed E-state index contributed by atoms with van der Waals surface area (Å²) in [5, 5.41) is 3.23. The lowest BCUT2D eigenvalue weighted by Crippen LogP contribution is -2.11. The number of hydrogen-bond donors (Lipinski definition) is 1. The van der Waals surface area contributed by atoms with Gasteiger partial charge in [0, 0.05) is 7.11 Å². The van der Waals surface area contributed by atoms with E-state index in [0.29, 0.717) is 19.7 Å². The van der Waals surface area contributed by atoms with Crippen molar-refractivity contribution in [2.45, 2.75) is 19.7 Å². The van der Waals surface area contributed by atoms with Gasteiger partial charge in [-0.25, -0.2) is 0 Å². The van der Waals surface area contributed by atoms with Crippen molar-refractivity contribution < 1.29 is 13.6 Å². The molecule has 2 heterocycles. The first kappa shape index (κ1) is 11.0. The minimum Gasteiger partial charge on any atom is -0.468 e. The first-order chi connectivity index (χ1) is 7.88. The molecule has 4 heteroatoms. The molecule has 86 valence electrons. The second-order valence-corrected chi connectivity index (χ2v) is 3.48. The highest BCUT2D eigenvalue weighted by Gasteiger charge is 2.01. The summed E-state index contributed by atoms with van der Waals surface area (Å²) in [6.45, 7) is 1.90. The predicted octanol–water partition coefficient (Wildman–Crippen LogP) is 2.31. The van der Waals surface area contributed by atoms with E-state index in [1.54, 1.807) is 13.4 Å². The summed E-state index contributed by atoms with van der Waals surface area (Å²) in [7, 11) is 1.65. The molecule has 4 nitrogen and oxygen atoms in total. The zero-order valence-electron chi connectivity index (χ0n) is 9.23. The van der Waals surface area contributed by atoms with Crippen LogP contribution in [0.3, 0.4) is 0 Å². The van der Waals surface area contributed by atoms with Gasteiger partial charge in [0.25, 0.3) is 0 Å². The van der Waals surface area contributed by atoms with E-state index in [1.807, 2.05) is 24.3 Å². The summed E-state index contributed by atoms with van der Waals surface area (Å²) < 4.78 is 15.7. The molecule has 0 radical (unpaired) electrons. The van der Waals surface area contributed by atoms with Crippen LogP contribution in [-0.2, 0) is 24.4 Å². The molecule has 2 aromatic rings. The summed E-state index contributed by atoms with van der Waals surface area (Å²) in [6, 6.07) is 7.68. The molecule has 0 unspecified atom stereocenters. The highest BCUT2D eigenvalue weighted by Crippen LogP contribution is 2.08. The Hall–Kier alpha value is -1.52. The van der Waals surface area contributed by atoms with Gasteiger partial charge in [-0.15, -0.1) is 0 Å². The van der Waals surface area contributed by atoms with Gasteiger partial charge < -0.3 is 18.9 Å². The van der Waals surface area contributed by atoms with Gasteiger partial charge in [0.2, 0.25) is 0 Å². The normalized spacial score (nSPS) is 10.8. The molecule has 0 fully saturated rings. The molecule has 0 spiro atoms. The van der Waals surface area contributed by atoms with E-state index in [-0.39, 0.29) is 0 Å². The fraction of sp³-hybridized carbons (Fsp3) is 0.333. The Morgan fingerprint density at radius 2 is 1.94 bits per heavy atom. The van der Waals surface area contributed by atoms with Crippen molar-refractivity contribution >= 4 is 0 Å². The average molecular weight is 221 g/mol. The minimum absolute atomic E-state index is 0.512. The third-order valence-corrected chi connectivity index (χ3v) is 2.18. The lowest BCUT2D eigenvalue weighted by Gasteiger charge is -1.99. The average Bonchev–Trinajstić information content (AvgIpc) is 2.90. The first-order valence-corrected chi connectivity index (χ1v) is 5.18. The van der Waals surface area contributed by atoms with Crippen LogP contribution in [0.5, 0.6) is 0 Å². The molecule has 16 heavy (non-hydrogen) atoms. The van der Waals surface area contributed by atoms with Crippen LogP contribution in [0, 0.1) is 0 Å². The predicted molar refractivity (Wildman–Crippen MR) is 58.7 cm³/mol. The van der Waals surface area contributed by atoms with Crippen molar-refractivity contribution in [3.63, 3.8) is 0 Å². The fourth-order valence-corrected chi connectivity index (χ4v) is 1.46. The summed E-state index contributed by atoms with van der Waals surface area (Å²) >= 11 is 0.